The molecule has 1 aromatic carbocycles. The molecule has 0 spiro atoms. The maximum atomic E-state index is 11.9. The Hall–Kier alpha value is -3.06. The van der Waals surface area contributed by atoms with Gasteiger partial charge in [-0.1, -0.05) is 23.9 Å². The average Bonchev–Trinajstić information content (AvgIpc) is 3.26. The Morgan fingerprint density at radius 1 is 1.07 bits per heavy atom. The van der Waals surface area contributed by atoms with Gasteiger partial charge in [0, 0.05) is 16.8 Å². The van der Waals surface area contributed by atoms with E-state index in [1.165, 1.54) is 29.2 Å². The van der Waals surface area contributed by atoms with Crippen LogP contribution in [0.25, 0.3) is 0 Å². The number of carbonyl (C=O) groups is 2. The van der Waals surface area contributed by atoms with Gasteiger partial charge in [-0.05, 0) is 61.2 Å². The third kappa shape index (κ3) is 4.09. The van der Waals surface area contributed by atoms with Crippen LogP contribution in [-0.2, 0) is 17.6 Å². The monoisotopic (exact) mass is 393 g/mol. The number of urea groups is 1. The summed E-state index contributed by atoms with van der Waals surface area (Å²) in [6.45, 7) is 2.00. The Labute approximate surface area is 166 Å². The Kier molecular flexibility index (Phi) is 5.16. The molecule has 0 aliphatic carbocycles. The molecule has 3 aromatic rings. The number of benzene rings is 1. The summed E-state index contributed by atoms with van der Waals surface area (Å²) in [5.41, 5.74) is 3.58. The molecule has 1 aliphatic heterocycles. The summed E-state index contributed by atoms with van der Waals surface area (Å²) in [5, 5.41) is 4.79. The zero-order valence-electron chi connectivity index (χ0n) is 15.3. The number of amides is 3. The van der Waals surface area contributed by atoms with Crippen molar-refractivity contribution in [2.24, 2.45) is 0 Å². The fourth-order valence-corrected chi connectivity index (χ4v) is 4.02. The molecule has 4 rings (SSSR count). The normalized spacial score (nSPS) is 16.1. The smallest absolute Gasteiger partial charge is 0.322 e. The number of hydrogen-bond donors (Lipinski definition) is 2. The number of aryl methyl sites for hydroxylation is 3. The number of pyridine rings is 1. The van der Waals surface area contributed by atoms with Gasteiger partial charge in [0.25, 0.3) is 5.91 Å². The minimum absolute atomic E-state index is 0.400. The fourth-order valence-electron chi connectivity index (χ4n) is 3.10. The first-order chi connectivity index (χ1) is 13.6. The van der Waals surface area contributed by atoms with E-state index in [1.807, 2.05) is 13.1 Å². The van der Waals surface area contributed by atoms with Gasteiger partial charge in [-0.3, -0.25) is 15.1 Å². The summed E-state index contributed by atoms with van der Waals surface area (Å²) in [4.78, 5) is 29.3. The molecule has 3 amide bonds. The minimum atomic E-state index is -0.784. The fraction of sp³-hybridized carbons (Fsp3) is 0.190. The highest BCUT2D eigenvalue weighted by atomic mass is 32.2. The van der Waals surface area contributed by atoms with Crippen molar-refractivity contribution in [2.45, 2.75) is 35.6 Å². The van der Waals surface area contributed by atoms with Crippen LogP contribution < -0.4 is 10.6 Å². The topological polar surface area (TPSA) is 84.2 Å². The third-order valence-corrected chi connectivity index (χ3v) is 5.57. The first-order valence-electron chi connectivity index (χ1n) is 8.95. The van der Waals surface area contributed by atoms with Crippen molar-refractivity contribution in [3.05, 3.63) is 77.5 Å². The standard InChI is InChI=1S/C21H19N3O3S/c1-13-12-15(8-10-22-13)3-2-14-4-6-16(7-5-14)28-17-9-11-27-19(17)18-20(25)24-21(26)23-18/h4-12,18H,2-3H2,1H3,(H2,23,24,25,26). The van der Waals surface area contributed by atoms with Gasteiger partial charge in [0.15, 0.2) is 6.04 Å². The molecule has 2 N–H and O–H groups in total. The second-order valence-corrected chi connectivity index (χ2v) is 7.71. The zero-order valence-corrected chi connectivity index (χ0v) is 16.1. The summed E-state index contributed by atoms with van der Waals surface area (Å²) in [6, 6.07) is 13.0. The molecule has 0 radical (unpaired) electrons. The van der Waals surface area contributed by atoms with Gasteiger partial charge < -0.3 is 9.73 Å². The van der Waals surface area contributed by atoms with E-state index in [9.17, 15) is 9.59 Å². The predicted octanol–water partition coefficient (Wildman–Crippen LogP) is 3.80. The highest BCUT2D eigenvalue weighted by Gasteiger charge is 2.35. The van der Waals surface area contributed by atoms with Crippen LogP contribution >= 0.6 is 11.8 Å². The van der Waals surface area contributed by atoms with Crippen molar-refractivity contribution >= 4 is 23.7 Å². The maximum absolute atomic E-state index is 11.9. The van der Waals surface area contributed by atoms with Crippen LogP contribution in [0.3, 0.4) is 0 Å². The molecule has 1 atom stereocenters. The van der Waals surface area contributed by atoms with Gasteiger partial charge in [0.05, 0.1) is 11.2 Å². The lowest BCUT2D eigenvalue weighted by Crippen LogP contribution is -2.22. The van der Waals surface area contributed by atoms with Crippen LogP contribution in [0.15, 0.2) is 69.1 Å². The molecule has 2 aromatic heterocycles. The predicted molar refractivity (Wildman–Crippen MR) is 105 cm³/mol. The van der Waals surface area contributed by atoms with E-state index in [-0.39, 0.29) is 0 Å². The summed E-state index contributed by atoms with van der Waals surface area (Å²) >= 11 is 1.50. The van der Waals surface area contributed by atoms with Crippen molar-refractivity contribution in [3.63, 3.8) is 0 Å². The maximum Gasteiger partial charge on any atom is 0.322 e. The van der Waals surface area contributed by atoms with Gasteiger partial charge in [-0.25, -0.2) is 4.79 Å². The van der Waals surface area contributed by atoms with Crippen molar-refractivity contribution in [2.75, 3.05) is 0 Å². The summed E-state index contributed by atoms with van der Waals surface area (Å²) in [5.74, 6) is 0.0500. The molecule has 6 nitrogen and oxygen atoms in total. The van der Waals surface area contributed by atoms with Crippen LogP contribution in [0.1, 0.15) is 28.6 Å². The first-order valence-corrected chi connectivity index (χ1v) is 9.77. The van der Waals surface area contributed by atoms with Crippen LogP contribution in [0.5, 0.6) is 0 Å². The van der Waals surface area contributed by atoms with Crippen molar-refractivity contribution < 1.29 is 14.0 Å². The molecule has 1 saturated heterocycles. The summed E-state index contributed by atoms with van der Waals surface area (Å²) in [7, 11) is 0. The van der Waals surface area contributed by atoms with Gasteiger partial charge in [-0.2, -0.15) is 0 Å². The Bertz CT molecular complexity index is 1010. The molecule has 1 aliphatic rings. The molecular formula is C21H19N3O3S. The van der Waals surface area contributed by atoms with Crippen LogP contribution in [-0.4, -0.2) is 16.9 Å². The van der Waals surface area contributed by atoms with Gasteiger partial charge in [-0.15, -0.1) is 0 Å². The van der Waals surface area contributed by atoms with Crippen molar-refractivity contribution in [1.82, 2.24) is 15.6 Å². The summed E-state index contributed by atoms with van der Waals surface area (Å²) < 4.78 is 5.46. The highest BCUT2D eigenvalue weighted by molar-refractivity contribution is 7.99. The molecule has 3 heterocycles. The second-order valence-electron chi connectivity index (χ2n) is 6.60. The van der Waals surface area contributed by atoms with Crippen molar-refractivity contribution in [1.29, 1.82) is 0 Å². The average molecular weight is 393 g/mol. The number of furan rings is 1. The van der Waals surface area contributed by atoms with Crippen molar-refractivity contribution in [3.8, 4) is 0 Å². The number of hydrogen-bond acceptors (Lipinski definition) is 5. The second kappa shape index (κ2) is 7.90. The van der Waals surface area contributed by atoms with Gasteiger partial charge in [0.1, 0.15) is 5.76 Å². The number of nitrogens with zero attached hydrogens (tertiary/aromatic N) is 1. The Balaban J connectivity index is 1.41. The number of rotatable bonds is 6. The SMILES string of the molecule is Cc1cc(CCc2ccc(Sc3ccoc3C3NC(=O)NC3=O)cc2)ccn1. The minimum Gasteiger partial charge on any atom is -0.465 e. The van der Waals surface area contributed by atoms with E-state index in [0.29, 0.717) is 5.76 Å². The van der Waals surface area contributed by atoms with E-state index in [2.05, 4.69) is 52.0 Å². The molecule has 7 heteroatoms. The number of nitrogens with one attached hydrogen (secondary N) is 2. The highest BCUT2D eigenvalue weighted by Crippen LogP contribution is 2.35. The molecule has 142 valence electrons. The molecule has 0 bridgehead atoms. The molecular weight excluding hydrogens is 374 g/mol. The van der Waals surface area contributed by atoms with Crippen LogP contribution in [0.4, 0.5) is 4.79 Å². The summed E-state index contributed by atoms with van der Waals surface area (Å²) in [6.07, 6.45) is 5.30. The van der Waals surface area contributed by atoms with E-state index >= 15 is 0 Å². The Morgan fingerprint density at radius 2 is 1.86 bits per heavy atom. The van der Waals surface area contributed by atoms with Crippen LogP contribution in [0, 0.1) is 6.92 Å². The van der Waals surface area contributed by atoms with E-state index in [4.69, 9.17) is 4.42 Å². The lowest BCUT2D eigenvalue weighted by molar-refractivity contribution is -0.120. The number of aromatic nitrogens is 1. The van der Waals surface area contributed by atoms with E-state index in [1.54, 1.807) is 6.07 Å². The third-order valence-electron chi connectivity index (χ3n) is 4.51. The van der Waals surface area contributed by atoms with Gasteiger partial charge in [0.2, 0.25) is 0 Å². The molecule has 1 unspecified atom stereocenters. The van der Waals surface area contributed by atoms with Gasteiger partial charge >= 0.3 is 6.03 Å². The molecule has 0 saturated carbocycles. The zero-order chi connectivity index (χ0) is 19.5. The Morgan fingerprint density at radius 3 is 2.57 bits per heavy atom. The van der Waals surface area contributed by atoms with E-state index in [0.717, 1.165) is 28.3 Å². The molecule has 1 fully saturated rings. The quantitative estimate of drug-likeness (QED) is 0.623. The first kappa shape index (κ1) is 18.3. The van der Waals surface area contributed by atoms with E-state index < -0.39 is 18.0 Å². The van der Waals surface area contributed by atoms with Crippen LogP contribution in [0.2, 0.25) is 0 Å². The number of imide groups is 1. The lowest BCUT2D eigenvalue weighted by atomic mass is 10.1. The number of carbonyl (C=O) groups excluding carboxylic acids is 2. The molecule has 28 heavy (non-hydrogen) atoms. The lowest BCUT2D eigenvalue weighted by Gasteiger charge is -2.08. The largest absolute Gasteiger partial charge is 0.465 e.